The highest BCUT2D eigenvalue weighted by molar-refractivity contribution is 7.89. The Labute approximate surface area is 93.2 Å². The smallest absolute Gasteiger partial charge is 0.241 e. The molecule has 15 heavy (non-hydrogen) atoms. The molecule has 0 radical (unpaired) electrons. The molecule has 0 unspecified atom stereocenters. The molecule has 1 rings (SSSR count). The van der Waals surface area contributed by atoms with Crippen LogP contribution in [0.3, 0.4) is 0 Å². The summed E-state index contributed by atoms with van der Waals surface area (Å²) in [6.45, 7) is 0. The highest BCUT2D eigenvalue weighted by atomic mass is 35.5. The Kier molecular flexibility index (Phi) is 3.43. The Balaban J connectivity index is 3.44. The van der Waals surface area contributed by atoms with Gasteiger partial charge in [-0.1, -0.05) is 11.6 Å². The van der Waals surface area contributed by atoms with Gasteiger partial charge in [-0.15, -0.1) is 0 Å². The predicted molar refractivity (Wildman–Crippen MR) is 58.7 cm³/mol. The van der Waals surface area contributed by atoms with Gasteiger partial charge in [-0.25, -0.2) is 13.1 Å². The van der Waals surface area contributed by atoms with Crippen LogP contribution in [-0.2, 0) is 10.0 Å². The van der Waals surface area contributed by atoms with E-state index in [1.165, 1.54) is 26.3 Å². The summed E-state index contributed by atoms with van der Waals surface area (Å²) in [6, 6.07) is 2.62. The number of nitrogens with one attached hydrogen (secondary N) is 1. The minimum Gasteiger partial charge on any atom is -0.495 e. The maximum Gasteiger partial charge on any atom is 0.241 e. The minimum absolute atomic E-state index is 0.0577. The summed E-state index contributed by atoms with van der Waals surface area (Å²) in [5.74, 6) is 0.272. The molecule has 0 aliphatic heterocycles. The first-order valence-electron chi connectivity index (χ1n) is 3.99. The molecule has 0 amide bonds. The summed E-state index contributed by atoms with van der Waals surface area (Å²) in [4.78, 5) is -0.0577. The van der Waals surface area contributed by atoms with Gasteiger partial charge in [0.2, 0.25) is 10.0 Å². The fourth-order valence-corrected chi connectivity index (χ4v) is 2.32. The Morgan fingerprint density at radius 1 is 1.47 bits per heavy atom. The zero-order valence-corrected chi connectivity index (χ0v) is 9.82. The van der Waals surface area contributed by atoms with Crippen LogP contribution in [0, 0.1) is 0 Å². The van der Waals surface area contributed by atoms with E-state index in [9.17, 15) is 8.42 Å². The van der Waals surface area contributed by atoms with Gasteiger partial charge in [0.05, 0.1) is 17.8 Å². The molecule has 7 heteroatoms. The van der Waals surface area contributed by atoms with Crippen LogP contribution in [-0.4, -0.2) is 22.6 Å². The molecule has 0 bridgehead atoms. The molecule has 0 aliphatic carbocycles. The van der Waals surface area contributed by atoms with Crippen molar-refractivity contribution in [2.75, 3.05) is 19.9 Å². The molecule has 1 aromatic rings. The van der Waals surface area contributed by atoms with Gasteiger partial charge >= 0.3 is 0 Å². The zero-order chi connectivity index (χ0) is 11.6. The number of methoxy groups -OCH3 is 1. The summed E-state index contributed by atoms with van der Waals surface area (Å²) in [7, 11) is -0.897. The second kappa shape index (κ2) is 4.26. The maximum absolute atomic E-state index is 11.5. The van der Waals surface area contributed by atoms with Crippen molar-refractivity contribution in [1.82, 2.24) is 4.72 Å². The van der Waals surface area contributed by atoms with Crippen LogP contribution in [0.5, 0.6) is 5.75 Å². The van der Waals surface area contributed by atoms with Crippen molar-refractivity contribution in [3.05, 3.63) is 17.2 Å². The molecule has 0 spiro atoms. The van der Waals surface area contributed by atoms with E-state index in [1.54, 1.807) is 0 Å². The van der Waals surface area contributed by atoms with Crippen molar-refractivity contribution >= 4 is 27.3 Å². The first kappa shape index (κ1) is 12.1. The summed E-state index contributed by atoms with van der Waals surface area (Å²) >= 11 is 5.77. The minimum atomic E-state index is -3.60. The average Bonchev–Trinajstić information content (AvgIpc) is 2.17. The molecule has 0 aliphatic rings. The molecular weight excluding hydrogens is 240 g/mol. The third-order valence-electron chi connectivity index (χ3n) is 1.84. The lowest BCUT2D eigenvalue weighted by Gasteiger charge is -2.09. The van der Waals surface area contributed by atoms with Crippen molar-refractivity contribution in [3.8, 4) is 5.75 Å². The Morgan fingerprint density at radius 2 is 2.07 bits per heavy atom. The summed E-state index contributed by atoms with van der Waals surface area (Å²) in [5.41, 5.74) is 5.85. The van der Waals surface area contributed by atoms with Crippen LogP contribution in [0.2, 0.25) is 5.02 Å². The van der Waals surface area contributed by atoms with E-state index in [-0.39, 0.29) is 21.4 Å². The number of anilines is 1. The Morgan fingerprint density at radius 3 is 2.53 bits per heavy atom. The molecule has 0 aromatic heterocycles. The van der Waals surface area contributed by atoms with E-state index >= 15 is 0 Å². The number of hydrogen-bond donors (Lipinski definition) is 2. The van der Waals surface area contributed by atoms with Crippen LogP contribution in [0.15, 0.2) is 17.0 Å². The number of hydrogen-bond acceptors (Lipinski definition) is 4. The molecule has 5 nitrogen and oxygen atoms in total. The Hall–Kier alpha value is -0.980. The number of sulfonamides is 1. The van der Waals surface area contributed by atoms with Gasteiger partial charge in [0.1, 0.15) is 10.6 Å². The first-order chi connectivity index (χ1) is 6.92. The fourth-order valence-electron chi connectivity index (χ4n) is 1.04. The number of nitrogens with two attached hydrogens (primary N) is 1. The quantitative estimate of drug-likeness (QED) is 0.779. The van der Waals surface area contributed by atoms with E-state index < -0.39 is 10.0 Å². The topological polar surface area (TPSA) is 81.4 Å². The lowest BCUT2D eigenvalue weighted by atomic mass is 10.3. The van der Waals surface area contributed by atoms with Crippen LogP contribution in [0.25, 0.3) is 0 Å². The largest absolute Gasteiger partial charge is 0.495 e. The molecule has 0 saturated heterocycles. The standard InChI is InChI=1S/C8H11ClN2O3S/c1-11-15(12,13)8-4-7(14-2)6(10)3-5(8)9/h3-4,11H,10H2,1-2H3. The monoisotopic (exact) mass is 250 g/mol. The fraction of sp³-hybridized carbons (Fsp3) is 0.250. The molecule has 0 saturated carbocycles. The van der Waals surface area contributed by atoms with Gasteiger partial charge in [-0.05, 0) is 13.1 Å². The third-order valence-corrected chi connectivity index (χ3v) is 3.72. The number of halogens is 1. The van der Waals surface area contributed by atoms with E-state index in [0.29, 0.717) is 0 Å². The lowest BCUT2D eigenvalue weighted by molar-refractivity contribution is 0.415. The van der Waals surface area contributed by atoms with Crippen molar-refractivity contribution < 1.29 is 13.2 Å². The molecule has 84 valence electrons. The van der Waals surface area contributed by atoms with E-state index in [4.69, 9.17) is 22.1 Å². The maximum atomic E-state index is 11.5. The molecular formula is C8H11ClN2O3S. The lowest BCUT2D eigenvalue weighted by Crippen LogP contribution is -2.19. The molecule has 0 heterocycles. The third kappa shape index (κ3) is 2.34. The molecule has 0 atom stereocenters. The summed E-state index contributed by atoms with van der Waals surface area (Å²) in [6.07, 6.45) is 0. The number of nitrogen functional groups attached to an aromatic ring is 1. The van der Waals surface area contributed by atoms with Gasteiger partial charge in [0.15, 0.2) is 0 Å². The highest BCUT2D eigenvalue weighted by Gasteiger charge is 2.18. The van der Waals surface area contributed by atoms with Crippen LogP contribution in [0.1, 0.15) is 0 Å². The SMILES string of the molecule is CNS(=O)(=O)c1cc(OC)c(N)cc1Cl. The van der Waals surface area contributed by atoms with Crippen molar-refractivity contribution in [2.45, 2.75) is 4.90 Å². The zero-order valence-electron chi connectivity index (χ0n) is 8.24. The highest BCUT2D eigenvalue weighted by Crippen LogP contribution is 2.31. The van der Waals surface area contributed by atoms with E-state index in [2.05, 4.69) is 4.72 Å². The Bertz CT molecular complexity index is 473. The second-order valence-electron chi connectivity index (χ2n) is 2.73. The predicted octanol–water partition coefficient (Wildman–Crippen LogP) is 0.839. The van der Waals surface area contributed by atoms with Crippen molar-refractivity contribution in [1.29, 1.82) is 0 Å². The first-order valence-corrected chi connectivity index (χ1v) is 5.85. The van der Waals surface area contributed by atoms with Crippen LogP contribution in [0.4, 0.5) is 5.69 Å². The number of rotatable bonds is 3. The average molecular weight is 251 g/mol. The van der Waals surface area contributed by atoms with Crippen LogP contribution >= 0.6 is 11.6 Å². The second-order valence-corrected chi connectivity index (χ2v) is 4.99. The summed E-state index contributed by atoms with van der Waals surface area (Å²) < 4.78 is 30.1. The molecule has 0 fully saturated rings. The van der Waals surface area contributed by atoms with Gasteiger partial charge in [-0.3, -0.25) is 0 Å². The van der Waals surface area contributed by atoms with Crippen molar-refractivity contribution in [2.24, 2.45) is 0 Å². The van der Waals surface area contributed by atoms with Gasteiger partial charge in [-0.2, -0.15) is 0 Å². The van der Waals surface area contributed by atoms with E-state index in [1.807, 2.05) is 0 Å². The van der Waals surface area contributed by atoms with Gasteiger partial charge < -0.3 is 10.5 Å². The normalized spacial score (nSPS) is 11.4. The van der Waals surface area contributed by atoms with Gasteiger partial charge in [0.25, 0.3) is 0 Å². The van der Waals surface area contributed by atoms with Crippen molar-refractivity contribution in [3.63, 3.8) is 0 Å². The van der Waals surface area contributed by atoms with E-state index in [0.717, 1.165) is 0 Å². The van der Waals surface area contributed by atoms with Crippen LogP contribution < -0.4 is 15.2 Å². The number of ether oxygens (including phenoxy) is 1. The molecule has 1 aromatic carbocycles. The number of benzene rings is 1. The van der Waals surface area contributed by atoms with Gasteiger partial charge in [0, 0.05) is 6.07 Å². The summed E-state index contributed by atoms with van der Waals surface area (Å²) in [5, 5.41) is 0.0580. The molecule has 3 N–H and O–H groups in total.